The van der Waals surface area contributed by atoms with Crippen LogP contribution in [0, 0.1) is 0 Å². The molecule has 4 rings (SSSR count). The van der Waals surface area contributed by atoms with Gasteiger partial charge in [0.2, 0.25) is 5.95 Å². The Balaban J connectivity index is -0.000000945. The van der Waals surface area contributed by atoms with Gasteiger partial charge < -0.3 is 37.3 Å². The van der Waals surface area contributed by atoms with Crippen molar-refractivity contribution in [1.29, 1.82) is 0 Å². The Kier molecular flexibility index (Phi) is 31.9. The molecular formula is C39H65N9O5. The molecule has 1 atom stereocenters. The van der Waals surface area contributed by atoms with Crippen LogP contribution in [0.5, 0.6) is 5.75 Å². The van der Waals surface area contributed by atoms with Crippen molar-refractivity contribution in [3.63, 3.8) is 0 Å². The van der Waals surface area contributed by atoms with Gasteiger partial charge in [0.25, 0.3) is 12.4 Å². The Labute approximate surface area is 317 Å². The number of nitrogen functional groups attached to an aromatic ring is 2. The maximum absolute atomic E-state index is 12.3. The van der Waals surface area contributed by atoms with E-state index in [2.05, 4.69) is 30.0 Å². The Morgan fingerprint density at radius 3 is 1.94 bits per heavy atom. The van der Waals surface area contributed by atoms with Crippen molar-refractivity contribution in [2.45, 2.75) is 108 Å². The fraction of sp³-hybridized carbons (Fsp3) is 0.462. The molecule has 4 aromatic rings. The van der Waals surface area contributed by atoms with Crippen LogP contribution in [0.15, 0.2) is 54.7 Å². The molecule has 0 spiro atoms. The maximum Gasteiger partial charge on any atom is 0.326 e. The van der Waals surface area contributed by atoms with Gasteiger partial charge in [-0.1, -0.05) is 94.7 Å². The lowest BCUT2D eigenvalue weighted by atomic mass is 10.1. The number of carbonyl (C=O) groups is 3. The fourth-order valence-corrected chi connectivity index (χ4v) is 4.01. The molecule has 14 heteroatoms. The van der Waals surface area contributed by atoms with Crippen LogP contribution >= 0.6 is 0 Å². The van der Waals surface area contributed by atoms with Gasteiger partial charge >= 0.3 is 5.97 Å². The van der Waals surface area contributed by atoms with Crippen molar-refractivity contribution in [3.8, 4) is 5.75 Å². The minimum atomic E-state index is -1.04. The number of benzene rings is 2. The average molecular weight is 740 g/mol. The summed E-state index contributed by atoms with van der Waals surface area (Å²) < 4.78 is 4.63. The van der Waals surface area contributed by atoms with E-state index in [1.165, 1.54) is 0 Å². The quantitative estimate of drug-likeness (QED) is 0.0919. The molecular weight excluding hydrogens is 674 g/mol. The number of nitrogens with zero attached hydrogens (tertiary/aromatic N) is 5. The number of ether oxygens (including phenoxy) is 1. The van der Waals surface area contributed by atoms with E-state index in [0.717, 1.165) is 17.7 Å². The number of carboxylic acids is 1. The number of aromatic nitrogens is 4. The molecule has 0 bridgehead atoms. The van der Waals surface area contributed by atoms with E-state index in [4.69, 9.17) is 17.2 Å². The number of anilines is 3. The number of carbonyl (C=O) groups excluding carboxylic acids is 2. The summed E-state index contributed by atoms with van der Waals surface area (Å²) >= 11 is 0. The van der Waals surface area contributed by atoms with Gasteiger partial charge in [-0.25, -0.2) is 14.8 Å². The largest absolute Gasteiger partial charge is 0.480 e. The standard InChI is InChI=1S/C20H24N8O3.C9H11NO2.5C2H6/c1-3-4-14(19(30)31)25-18(29)11-5-7-13(8-6-11)28(2)10-12-9-23-17-15(24-12)16(21)26-20(22)27-17;10-6-5-8-1-3-9(4-2-8)12-7-11;5*1-2/h5-9,14H,3-4,10H2,1-2H3,(H,25,29)(H,30,31)(H4,21,22,23,26,27);1-4,7H,5-6,10H2;5*1-2H3. The molecule has 1 amide bonds. The molecule has 14 nitrogen and oxygen atoms in total. The molecule has 8 N–H and O–H groups in total. The zero-order valence-corrected chi connectivity index (χ0v) is 33.9. The van der Waals surface area contributed by atoms with Gasteiger partial charge in [0, 0.05) is 18.3 Å². The second-order valence-electron chi connectivity index (χ2n) is 9.45. The molecule has 0 radical (unpaired) electrons. The van der Waals surface area contributed by atoms with Gasteiger partial charge in [-0.2, -0.15) is 9.97 Å². The third kappa shape index (κ3) is 19.7. The van der Waals surface area contributed by atoms with Crippen LogP contribution in [0.2, 0.25) is 0 Å². The smallest absolute Gasteiger partial charge is 0.326 e. The first-order valence-electron chi connectivity index (χ1n) is 18.4. The molecule has 0 aliphatic heterocycles. The highest BCUT2D eigenvalue weighted by molar-refractivity contribution is 5.96. The number of carboxylic acid groups (broad SMARTS) is 1. The van der Waals surface area contributed by atoms with Gasteiger partial charge in [0.1, 0.15) is 11.8 Å². The number of amides is 1. The van der Waals surface area contributed by atoms with Gasteiger partial charge in [0.05, 0.1) is 18.4 Å². The Morgan fingerprint density at radius 1 is 0.887 bits per heavy atom. The number of aliphatic carboxylic acids is 1. The number of nitrogens with one attached hydrogen (secondary N) is 1. The highest BCUT2D eigenvalue weighted by Gasteiger charge is 2.19. The van der Waals surface area contributed by atoms with E-state index in [1.807, 2.05) is 100 Å². The molecule has 0 aliphatic carbocycles. The maximum atomic E-state index is 12.3. The van der Waals surface area contributed by atoms with Crippen LogP contribution in [0.25, 0.3) is 11.2 Å². The minimum absolute atomic E-state index is 0.0395. The first kappa shape index (κ1) is 52.0. The normalized spacial score (nSPS) is 9.60. The van der Waals surface area contributed by atoms with Crippen LogP contribution in [0.1, 0.15) is 111 Å². The molecule has 0 saturated heterocycles. The summed E-state index contributed by atoms with van der Waals surface area (Å²) in [6, 6.07) is 13.2. The van der Waals surface area contributed by atoms with Gasteiger partial charge in [0.15, 0.2) is 17.0 Å². The molecule has 53 heavy (non-hydrogen) atoms. The number of rotatable bonds is 12. The van der Waals surface area contributed by atoms with Crippen molar-refractivity contribution in [1.82, 2.24) is 25.3 Å². The first-order valence-corrected chi connectivity index (χ1v) is 18.4. The summed E-state index contributed by atoms with van der Waals surface area (Å²) in [4.78, 5) is 52.1. The van der Waals surface area contributed by atoms with E-state index in [9.17, 15) is 19.5 Å². The second-order valence-corrected chi connectivity index (χ2v) is 9.45. The van der Waals surface area contributed by atoms with Crippen LogP contribution in [0.4, 0.5) is 17.5 Å². The highest BCUT2D eigenvalue weighted by atomic mass is 16.5. The summed E-state index contributed by atoms with van der Waals surface area (Å²) in [5, 5.41) is 11.7. The van der Waals surface area contributed by atoms with Gasteiger partial charge in [-0.05, 0) is 61.3 Å². The van der Waals surface area contributed by atoms with E-state index >= 15 is 0 Å². The highest BCUT2D eigenvalue weighted by Crippen LogP contribution is 2.19. The molecule has 296 valence electrons. The lowest BCUT2D eigenvalue weighted by Gasteiger charge is -2.19. The zero-order chi connectivity index (χ0) is 41.4. The van der Waals surface area contributed by atoms with Crippen molar-refractivity contribution >= 4 is 47.0 Å². The third-order valence-electron chi connectivity index (χ3n) is 6.19. The topological polar surface area (TPSA) is 226 Å². The average Bonchev–Trinajstić information content (AvgIpc) is 3.20. The molecule has 0 saturated carbocycles. The molecule has 2 aromatic carbocycles. The van der Waals surface area contributed by atoms with Gasteiger partial charge in [-0.3, -0.25) is 9.59 Å². The van der Waals surface area contributed by atoms with Crippen molar-refractivity contribution in [2.75, 3.05) is 30.0 Å². The fourth-order valence-electron chi connectivity index (χ4n) is 4.01. The Bertz CT molecular complexity index is 1540. The van der Waals surface area contributed by atoms with E-state index in [-0.39, 0.29) is 11.8 Å². The monoisotopic (exact) mass is 740 g/mol. The molecule has 0 fully saturated rings. The van der Waals surface area contributed by atoms with Crippen LogP contribution in [0.3, 0.4) is 0 Å². The Morgan fingerprint density at radius 2 is 1.45 bits per heavy atom. The first-order chi connectivity index (χ1) is 25.6. The lowest BCUT2D eigenvalue weighted by Crippen LogP contribution is -2.40. The van der Waals surface area contributed by atoms with E-state index in [1.54, 1.807) is 42.6 Å². The molecule has 2 heterocycles. The van der Waals surface area contributed by atoms with Crippen molar-refractivity contribution in [2.24, 2.45) is 5.73 Å². The minimum Gasteiger partial charge on any atom is -0.480 e. The molecule has 2 aromatic heterocycles. The lowest BCUT2D eigenvalue weighted by molar-refractivity contribution is -0.139. The van der Waals surface area contributed by atoms with E-state index < -0.39 is 17.9 Å². The summed E-state index contributed by atoms with van der Waals surface area (Å²) in [6.45, 7) is 23.3. The number of fused-ring (bicyclic) bond motifs is 1. The van der Waals surface area contributed by atoms with Crippen LogP contribution in [-0.4, -0.2) is 63.0 Å². The van der Waals surface area contributed by atoms with Gasteiger partial charge in [-0.15, -0.1) is 0 Å². The van der Waals surface area contributed by atoms with E-state index in [0.29, 0.717) is 60.6 Å². The number of hydrogen-bond donors (Lipinski definition) is 5. The SMILES string of the molecule is CC.CC.CC.CC.CC.CCCC(NC(=O)c1ccc(N(C)Cc2cnc3nc(N)nc(N)c3n2)cc1)C(=O)O.NCCc1ccc(OC=O)cc1. The number of hydrogen-bond acceptors (Lipinski definition) is 12. The van der Waals surface area contributed by atoms with Crippen LogP contribution in [-0.2, 0) is 22.6 Å². The van der Waals surface area contributed by atoms with Crippen LogP contribution < -0.4 is 32.2 Å². The predicted molar refractivity (Wildman–Crippen MR) is 219 cm³/mol. The molecule has 1 unspecified atom stereocenters. The summed E-state index contributed by atoms with van der Waals surface area (Å²) in [5.74, 6) is -0.706. The van der Waals surface area contributed by atoms with Crippen molar-refractivity contribution in [3.05, 3.63) is 71.5 Å². The summed E-state index contributed by atoms with van der Waals surface area (Å²) in [5.41, 5.74) is 20.5. The number of nitrogens with two attached hydrogens (primary N) is 3. The zero-order valence-electron chi connectivity index (χ0n) is 33.9. The molecule has 0 aliphatic rings. The summed E-state index contributed by atoms with van der Waals surface area (Å²) in [6.07, 6.45) is 3.47. The second kappa shape index (κ2) is 32.5. The summed E-state index contributed by atoms with van der Waals surface area (Å²) in [7, 11) is 1.87. The Hall–Kier alpha value is -5.37. The third-order valence-corrected chi connectivity index (χ3v) is 6.19. The van der Waals surface area contributed by atoms with Crippen molar-refractivity contribution < 1.29 is 24.2 Å². The predicted octanol–water partition coefficient (Wildman–Crippen LogP) is 7.06.